The lowest BCUT2D eigenvalue weighted by atomic mass is 10.2. The number of aryl methyl sites for hydroxylation is 1. The first kappa shape index (κ1) is 20.4. The standard InChI is InChI=1S/C20H17ClFN5O2S/c1-2-9-26-18(29)13-5-3-4-6-16(13)27-19(26)24-25-20(27)30-11-17(28)23-15-10-12(21)7-8-14(15)22/h3-8,10H,2,9,11H2,1H3,(H,23,28). The maximum atomic E-state index is 13.8. The lowest BCUT2D eigenvalue weighted by molar-refractivity contribution is -0.113. The van der Waals surface area contributed by atoms with Crippen molar-refractivity contribution in [1.29, 1.82) is 0 Å². The minimum atomic E-state index is -0.569. The van der Waals surface area contributed by atoms with Crippen LogP contribution in [0.2, 0.25) is 5.02 Å². The Balaban J connectivity index is 1.66. The molecule has 4 aromatic rings. The fourth-order valence-electron chi connectivity index (χ4n) is 3.16. The lowest BCUT2D eigenvalue weighted by Gasteiger charge is -2.10. The van der Waals surface area contributed by atoms with Gasteiger partial charge in [-0.2, -0.15) is 0 Å². The summed E-state index contributed by atoms with van der Waals surface area (Å²) in [6, 6.07) is 11.1. The summed E-state index contributed by atoms with van der Waals surface area (Å²) < 4.78 is 17.2. The second-order valence-electron chi connectivity index (χ2n) is 6.55. The molecule has 2 aromatic heterocycles. The average Bonchev–Trinajstić information content (AvgIpc) is 3.16. The number of rotatable bonds is 6. The highest BCUT2D eigenvalue weighted by Gasteiger charge is 2.17. The first-order valence-electron chi connectivity index (χ1n) is 9.24. The molecule has 0 radical (unpaired) electrons. The first-order chi connectivity index (χ1) is 14.5. The van der Waals surface area contributed by atoms with Gasteiger partial charge in [-0.15, -0.1) is 10.2 Å². The maximum absolute atomic E-state index is 13.8. The number of halogens is 2. The van der Waals surface area contributed by atoms with E-state index in [1.54, 1.807) is 21.1 Å². The summed E-state index contributed by atoms with van der Waals surface area (Å²) in [5.41, 5.74) is 0.554. The molecule has 0 unspecified atom stereocenters. The second-order valence-corrected chi connectivity index (χ2v) is 7.93. The molecule has 0 saturated heterocycles. The third-order valence-corrected chi connectivity index (χ3v) is 5.62. The number of thioether (sulfide) groups is 1. The zero-order valence-corrected chi connectivity index (χ0v) is 17.5. The summed E-state index contributed by atoms with van der Waals surface area (Å²) in [6.07, 6.45) is 0.761. The Labute approximate surface area is 179 Å². The van der Waals surface area contributed by atoms with Crippen LogP contribution < -0.4 is 10.9 Å². The summed E-state index contributed by atoms with van der Waals surface area (Å²) >= 11 is 7.01. The Hall–Kier alpha value is -2.91. The molecule has 2 heterocycles. The average molecular weight is 446 g/mol. The van der Waals surface area contributed by atoms with E-state index in [4.69, 9.17) is 11.6 Å². The highest BCUT2D eigenvalue weighted by molar-refractivity contribution is 7.99. The fraction of sp³-hybridized carbons (Fsp3) is 0.200. The van der Waals surface area contributed by atoms with Crippen molar-refractivity contribution < 1.29 is 9.18 Å². The van der Waals surface area contributed by atoms with Crippen LogP contribution in [0.3, 0.4) is 0 Å². The molecule has 0 spiro atoms. The summed E-state index contributed by atoms with van der Waals surface area (Å²) in [5, 5.41) is 12.2. The highest BCUT2D eigenvalue weighted by Crippen LogP contribution is 2.23. The number of anilines is 1. The molecule has 10 heteroatoms. The van der Waals surface area contributed by atoms with Crippen molar-refractivity contribution in [1.82, 2.24) is 19.2 Å². The Morgan fingerprint density at radius 1 is 1.23 bits per heavy atom. The number of hydrogen-bond donors (Lipinski definition) is 1. The van der Waals surface area contributed by atoms with Gasteiger partial charge in [0.25, 0.3) is 5.56 Å². The van der Waals surface area contributed by atoms with E-state index >= 15 is 0 Å². The van der Waals surface area contributed by atoms with E-state index in [0.717, 1.165) is 18.2 Å². The van der Waals surface area contributed by atoms with Crippen molar-refractivity contribution in [3.63, 3.8) is 0 Å². The van der Waals surface area contributed by atoms with Crippen LogP contribution in [0.1, 0.15) is 13.3 Å². The Bertz CT molecular complexity index is 1320. The number of benzene rings is 2. The van der Waals surface area contributed by atoms with Gasteiger partial charge in [0, 0.05) is 11.6 Å². The molecule has 0 aliphatic carbocycles. The van der Waals surface area contributed by atoms with Crippen molar-refractivity contribution in [3.05, 3.63) is 63.7 Å². The molecule has 1 N–H and O–H groups in total. The van der Waals surface area contributed by atoms with E-state index in [-0.39, 0.29) is 17.0 Å². The number of nitrogens with zero attached hydrogens (tertiary/aromatic N) is 4. The van der Waals surface area contributed by atoms with Gasteiger partial charge >= 0.3 is 0 Å². The molecule has 2 aromatic carbocycles. The SMILES string of the molecule is CCCn1c(=O)c2ccccc2n2c(SCC(=O)Nc3cc(Cl)ccc3F)nnc12. The molecule has 0 fully saturated rings. The number of hydrogen-bond acceptors (Lipinski definition) is 5. The van der Waals surface area contributed by atoms with Gasteiger partial charge in [-0.05, 0) is 36.8 Å². The van der Waals surface area contributed by atoms with Crippen LogP contribution in [-0.2, 0) is 11.3 Å². The molecule has 0 saturated carbocycles. The maximum Gasteiger partial charge on any atom is 0.262 e. The molecule has 0 aliphatic heterocycles. The predicted octanol–water partition coefficient (Wildman–Crippen LogP) is 3.98. The third kappa shape index (κ3) is 3.78. The molecule has 0 aliphatic rings. The monoisotopic (exact) mass is 445 g/mol. The molecule has 0 atom stereocenters. The van der Waals surface area contributed by atoms with E-state index in [0.29, 0.717) is 33.4 Å². The highest BCUT2D eigenvalue weighted by atomic mass is 35.5. The Kier molecular flexibility index (Phi) is 5.74. The first-order valence-corrected chi connectivity index (χ1v) is 10.6. The van der Waals surface area contributed by atoms with E-state index in [1.165, 1.54) is 18.2 Å². The van der Waals surface area contributed by atoms with Crippen LogP contribution in [-0.4, -0.2) is 30.8 Å². The number of carbonyl (C=O) groups is 1. The number of amides is 1. The van der Waals surface area contributed by atoms with Crippen molar-refractivity contribution in [2.75, 3.05) is 11.1 Å². The molecule has 154 valence electrons. The van der Waals surface area contributed by atoms with E-state index in [1.807, 2.05) is 19.1 Å². The van der Waals surface area contributed by atoms with E-state index in [2.05, 4.69) is 15.5 Å². The van der Waals surface area contributed by atoms with Crippen LogP contribution in [0.5, 0.6) is 0 Å². The van der Waals surface area contributed by atoms with E-state index in [9.17, 15) is 14.0 Å². The van der Waals surface area contributed by atoms with Gasteiger partial charge in [0.1, 0.15) is 5.82 Å². The summed E-state index contributed by atoms with van der Waals surface area (Å²) in [6.45, 7) is 2.48. The van der Waals surface area contributed by atoms with Gasteiger partial charge in [-0.1, -0.05) is 42.4 Å². The van der Waals surface area contributed by atoms with Crippen LogP contribution in [0, 0.1) is 5.82 Å². The molecule has 7 nitrogen and oxygen atoms in total. The van der Waals surface area contributed by atoms with Gasteiger partial charge < -0.3 is 5.32 Å². The Morgan fingerprint density at radius 2 is 2.03 bits per heavy atom. The molecule has 4 rings (SSSR count). The molecule has 30 heavy (non-hydrogen) atoms. The fourth-order valence-corrected chi connectivity index (χ4v) is 4.07. The van der Waals surface area contributed by atoms with Crippen LogP contribution in [0.15, 0.2) is 52.4 Å². The van der Waals surface area contributed by atoms with Gasteiger partial charge in [0.05, 0.1) is 22.3 Å². The van der Waals surface area contributed by atoms with Crippen molar-refractivity contribution in [2.45, 2.75) is 25.0 Å². The zero-order valence-electron chi connectivity index (χ0n) is 15.9. The zero-order chi connectivity index (χ0) is 21.3. The van der Waals surface area contributed by atoms with Crippen LogP contribution in [0.25, 0.3) is 16.7 Å². The van der Waals surface area contributed by atoms with Crippen molar-refractivity contribution in [2.24, 2.45) is 0 Å². The topological polar surface area (TPSA) is 81.3 Å². The minimum Gasteiger partial charge on any atom is -0.323 e. The number of fused-ring (bicyclic) bond motifs is 3. The predicted molar refractivity (Wildman–Crippen MR) is 116 cm³/mol. The largest absolute Gasteiger partial charge is 0.323 e. The third-order valence-electron chi connectivity index (χ3n) is 4.46. The Morgan fingerprint density at radius 3 is 2.83 bits per heavy atom. The molecular formula is C20H17ClFN5O2S. The molecule has 0 bridgehead atoms. The van der Waals surface area contributed by atoms with Crippen molar-refractivity contribution >= 4 is 51.6 Å². The number of aromatic nitrogens is 4. The summed E-state index contributed by atoms with van der Waals surface area (Å²) in [5.74, 6) is -0.581. The van der Waals surface area contributed by atoms with Gasteiger partial charge in [-0.25, -0.2) is 4.39 Å². The molecule has 1 amide bonds. The smallest absolute Gasteiger partial charge is 0.262 e. The number of carbonyl (C=O) groups excluding carboxylic acids is 1. The van der Waals surface area contributed by atoms with Gasteiger partial charge in [0.2, 0.25) is 11.7 Å². The van der Waals surface area contributed by atoms with Crippen LogP contribution in [0.4, 0.5) is 10.1 Å². The van der Waals surface area contributed by atoms with Crippen LogP contribution >= 0.6 is 23.4 Å². The summed E-state index contributed by atoms with van der Waals surface area (Å²) in [4.78, 5) is 25.2. The van der Waals surface area contributed by atoms with Gasteiger partial charge in [-0.3, -0.25) is 18.6 Å². The van der Waals surface area contributed by atoms with Crippen molar-refractivity contribution in [3.8, 4) is 0 Å². The second kappa shape index (κ2) is 8.45. The molecular weight excluding hydrogens is 429 g/mol. The van der Waals surface area contributed by atoms with Gasteiger partial charge in [0.15, 0.2) is 5.16 Å². The van der Waals surface area contributed by atoms with E-state index < -0.39 is 11.7 Å². The number of para-hydroxylation sites is 1. The minimum absolute atomic E-state index is 0.0152. The number of nitrogens with one attached hydrogen (secondary N) is 1. The normalized spacial score (nSPS) is 11.3. The quantitative estimate of drug-likeness (QED) is 0.454. The summed E-state index contributed by atoms with van der Waals surface area (Å²) in [7, 11) is 0. The lowest BCUT2D eigenvalue weighted by Crippen LogP contribution is -2.23.